The lowest BCUT2D eigenvalue weighted by molar-refractivity contribution is 1.75. The van der Waals surface area contributed by atoms with Crippen LogP contribution in [0.3, 0.4) is 0 Å². The fourth-order valence-corrected chi connectivity index (χ4v) is 3.36. The van der Waals surface area contributed by atoms with Gasteiger partial charge in [-0.1, -0.05) is 54.6 Å². The van der Waals surface area contributed by atoms with Crippen molar-refractivity contribution in [3.05, 3.63) is 65.6 Å². The van der Waals surface area contributed by atoms with Gasteiger partial charge >= 0.3 is 0 Å². The zero-order chi connectivity index (χ0) is 13.7. The van der Waals surface area contributed by atoms with Crippen LogP contribution in [0, 0.1) is 0 Å². The summed E-state index contributed by atoms with van der Waals surface area (Å²) in [4.78, 5) is 0.895. The average Bonchev–Trinajstić information content (AvgIpc) is 2.51. The zero-order valence-corrected chi connectivity index (χ0v) is 12.5. The van der Waals surface area contributed by atoms with E-state index in [0.717, 1.165) is 10.5 Å². The molecule has 0 saturated carbocycles. The highest BCUT2D eigenvalue weighted by atomic mass is 32.1. The molecule has 0 bridgehead atoms. The molecule has 4 aromatic rings. The number of thiol groups is 2. The summed E-state index contributed by atoms with van der Waals surface area (Å²) >= 11 is 8.77. The Balaban J connectivity index is 2.32. The maximum absolute atomic E-state index is 4.53. The van der Waals surface area contributed by atoms with Crippen molar-refractivity contribution in [2.75, 3.05) is 0 Å². The molecule has 0 atom stereocenters. The van der Waals surface area contributed by atoms with Gasteiger partial charge in [0.25, 0.3) is 0 Å². The first-order valence-corrected chi connectivity index (χ1v) is 7.46. The van der Waals surface area contributed by atoms with E-state index in [4.69, 9.17) is 0 Å². The second kappa shape index (κ2) is 4.44. The molecule has 0 heterocycles. The normalized spacial score (nSPS) is 12.8. The first-order valence-electron chi connectivity index (χ1n) is 6.50. The Labute approximate surface area is 128 Å². The van der Waals surface area contributed by atoms with Crippen molar-refractivity contribution in [1.82, 2.24) is 0 Å². The topological polar surface area (TPSA) is 0 Å². The van der Waals surface area contributed by atoms with Gasteiger partial charge in [-0.25, -0.2) is 0 Å². The summed E-state index contributed by atoms with van der Waals surface area (Å²) in [5.74, 6) is 0. The van der Waals surface area contributed by atoms with Crippen molar-refractivity contribution in [3.8, 4) is 0 Å². The van der Waals surface area contributed by atoms with E-state index in [-0.39, 0.29) is 0 Å². The maximum Gasteiger partial charge on any atom is 0.0179 e. The summed E-state index contributed by atoms with van der Waals surface area (Å²) < 4.78 is 0. The molecule has 20 heavy (non-hydrogen) atoms. The lowest BCUT2D eigenvalue weighted by Gasteiger charge is -2.13. The minimum Gasteiger partial charge on any atom is -0.150 e. The van der Waals surface area contributed by atoms with Gasteiger partial charge in [-0.3, -0.25) is 0 Å². The Bertz CT molecular complexity index is 951. The third kappa shape index (κ3) is 1.58. The van der Waals surface area contributed by atoms with Crippen LogP contribution < -0.4 is 0 Å². The first-order chi connectivity index (χ1) is 9.79. The van der Waals surface area contributed by atoms with Crippen LogP contribution in [-0.2, 0) is 0 Å². The molecule has 0 aliphatic rings. The van der Waals surface area contributed by atoms with Gasteiger partial charge in [0.2, 0.25) is 0 Å². The Morgan fingerprint density at radius 2 is 1.35 bits per heavy atom. The maximum atomic E-state index is 4.53. The second-order valence-corrected chi connectivity index (χ2v) is 5.72. The summed E-state index contributed by atoms with van der Waals surface area (Å²) in [6.45, 7) is 0. The Morgan fingerprint density at radius 3 is 2.05 bits per heavy atom. The average molecular weight is 292 g/mol. The van der Waals surface area contributed by atoms with E-state index in [1.54, 1.807) is 5.41 Å². The molecule has 0 nitrogen and oxygen atoms in total. The zero-order valence-electron chi connectivity index (χ0n) is 10.7. The van der Waals surface area contributed by atoms with Crippen LogP contribution in [0.15, 0.2) is 60.0 Å². The molecule has 0 spiro atoms. The predicted octanol–water partition coefficient (Wildman–Crippen LogP) is 5.74. The molecule has 4 aromatic carbocycles. The Morgan fingerprint density at radius 1 is 0.750 bits per heavy atom. The first kappa shape index (κ1) is 12.1. The highest BCUT2D eigenvalue weighted by Gasteiger charge is 2.11. The highest BCUT2D eigenvalue weighted by molar-refractivity contribution is 7.92. The molecule has 0 N–H and O–H groups in total. The Hall–Kier alpha value is -1.64. The molecular weight excluding hydrogens is 280 g/mol. The molecule has 96 valence electrons. The third-order valence-electron chi connectivity index (χ3n) is 3.93. The molecule has 2 heteroatoms. The fourth-order valence-electron chi connectivity index (χ4n) is 3.03. The largest absolute Gasteiger partial charge is 0.150 e. The minimum absolute atomic E-state index is 0.895. The van der Waals surface area contributed by atoms with E-state index in [2.05, 4.69) is 79.9 Å². The van der Waals surface area contributed by atoms with E-state index < -0.39 is 0 Å². The van der Waals surface area contributed by atoms with Crippen LogP contribution >= 0.6 is 25.3 Å². The van der Waals surface area contributed by atoms with Gasteiger partial charge in [0.1, 0.15) is 0 Å². The summed E-state index contributed by atoms with van der Waals surface area (Å²) in [5.41, 5.74) is 1.13. The summed E-state index contributed by atoms with van der Waals surface area (Å²) in [6, 6.07) is 19.5. The monoisotopic (exact) mass is 292 g/mol. The van der Waals surface area contributed by atoms with Crippen molar-refractivity contribution < 1.29 is 0 Å². The summed E-state index contributed by atoms with van der Waals surface area (Å²) in [7, 11) is 0. The molecule has 0 aliphatic heterocycles. The van der Waals surface area contributed by atoms with Gasteiger partial charge < -0.3 is 0 Å². The quantitative estimate of drug-likeness (QED) is 0.324. The smallest absolute Gasteiger partial charge is 0.0179 e. The molecule has 0 radical (unpaired) electrons. The lowest BCUT2D eigenvalue weighted by atomic mass is 9.92. The van der Waals surface area contributed by atoms with E-state index >= 15 is 0 Å². The SMILES string of the molecule is S/C=C(\S)c1ccc2ccc3cccc4ccc1c2c34. The van der Waals surface area contributed by atoms with Gasteiger partial charge in [-0.15, -0.1) is 12.6 Å². The number of rotatable bonds is 1. The third-order valence-corrected chi connectivity index (χ3v) is 4.76. The molecule has 0 amide bonds. The van der Waals surface area contributed by atoms with Gasteiger partial charge in [0.05, 0.1) is 0 Å². The van der Waals surface area contributed by atoms with Crippen LogP contribution in [0.25, 0.3) is 37.2 Å². The summed E-state index contributed by atoms with van der Waals surface area (Å²) in [5, 5.41) is 9.48. The van der Waals surface area contributed by atoms with Gasteiger partial charge in [0, 0.05) is 4.91 Å². The predicted molar refractivity (Wildman–Crippen MR) is 96.1 cm³/mol. The minimum atomic E-state index is 0.895. The van der Waals surface area contributed by atoms with Gasteiger partial charge in [-0.05, 0) is 43.3 Å². The standard InChI is InChI=1S/C18H12S2/c19-10-16(20)14-8-6-13-5-4-11-2-1-3-12-7-9-15(14)18(13)17(11)12/h1-10,19-20H/b16-10-. The molecule has 0 fully saturated rings. The van der Waals surface area contributed by atoms with Crippen molar-refractivity contribution >= 4 is 62.5 Å². The molecule has 0 aliphatic carbocycles. The van der Waals surface area contributed by atoms with Crippen molar-refractivity contribution in [3.63, 3.8) is 0 Å². The highest BCUT2D eigenvalue weighted by Crippen LogP contribution is 2.38. The van der Waals surface area contributed by atoms with Crippen LogP contribution in [0.4, 0.5) is 0 Å². The van der Waals surface area contributed by atoms with E-state index in [0.29, 0.717) is 0 Å². The number of hydrogen-bond donors (Lipinski definition) is 2. The second-order valence-electron chi connectivity index (χ2n) is 4.98. The van der Waals surface area contributed by atoms with Crippen LogP contribution in [0.1, 0.15) is 5.56 Å². The van der Waals surface area contributed by atoms with Crippen molar-refractivity contribution in [2.45, 2.75) is 0 Å². The molecule has 0 unspecified atom stereocenters. The Kier molecular flexibility index (Phi) is 2.69. The van der Waals surface area contributed by atoms with Crippen LogP contribution in [-0.4, -0.2) is 0 Å². The van der Waals surface area contributed by atoms with Crippen LogP contribution in [0.2, 0.25) is 0 Å². The van der Waals surface area contributed by atoms with Crippen molar-refractivity contribution in [1.29, 1.82) is 0 Å². The van der Waals surface area contributed by atoms with Crippen LogP contribution in [0.5, 0.6) is 0 Å². The number of hydrogen-bond acceptors (Lipinski definition) is 2. The molecule has 0 aromatic heterocycles. The van der Waals surface area contributed by atoms with Gasteiger partial charge in [0.15, 0.2) is 0 Å². The molecule has 0 saturated heterocycles. The molecular formula is C18H12S2. The van der Waals surface area contributed by atoms with Gasteiger partial charge in [-0.2, -0.15) is 12.6 Å². The van der Waals surface area contributed by atoms with E-state index in [9.17, 15) is 0 Å². The van der Waals surface area contributed by atoms with E-state index in [1.165, 1.54) is 32.3 Å². The number of benzene rings is 4. The van der Waals surface area contributed by atoms with E-state index in [1.807, 2.05) is 0 Å². The van der Waals surface area contributed by atoms with Crippen molar-refractivity contribution in [2.24, 2.45) is 0 Å². The molecule has 4 rings (SSSR count). The fraction of sp³-hybridized carbons (Fsp3) is 0. The lowest BCUT2D eigenvalue weighted by Crippen LogP contribution is -1.87. The summed E-state index contributed by atoms with van der Waals surface area (Å²) in [6.07, 6.45) is 0.